The predicted octanol–water partition coefficient (Wildman–Crippen LogP) is 0.197. The topological polar surface area (TPSA) is 81.8 Å². The Hall–Kier alpha value is -1.34. The molecule has 2 atom stereocenters. The summed E-state index contributed by atoms with van der Waals surface area (Å²) in [4.78, 5) is 39.9. The number of urea groups is 1. The summed E-state index contributed by atoms with van der Waals surface area (Å²) in [5.74, 6) is 0.632. The van der Waals surface area contributed by atoms with Gasteiger partial charge in [-0.2, -0.15) is 0 Å². The van der Waals surface area contributed by atoms with Gasteiger partial charge in [0.2, 0.25) is 5.91 Å². The maximum Gasteiger partial charge on any atom is 0.325 e. The summed E-state index contributed by atoms with van der Waals surface area (Å²) in [6.45, 7) is 6.97. The molecule has 3 aliphatic rings. The van der Waals surface area contributed by atoms with Crippen molar-refractivity contribution in [2.75, 3.05) is 32.7 Å². The molecule has 0 aromatic carbocycles. The van der Waals surface area contributed by atoms with Crippen molar-refractivity contribution in [2.24, 2.45) is 11.8 Å². The third-order valence-electron chi connectivity index (χ3n) is 5.49. The van der Waals surface area contributed by atoms with E-state index >= 15 is 0 Å². The van der Waals surface area contributed by atoms with Gasteiger partial charge in [0.05, 0.1) is 0 Å². The normalized spacial score (nSPS) is 28.6. The van der Waals surface area contributed by atoms with E-state index in [-0.39, 0.29) is 30.8 Å². The van der Waals surface area contributed by atoms with Crippen molar-refractivity contribution in [3.63, 3.8) is 0 Å². The molecule has 3 aliphatic heterocycles. The largest absolute Gasteiger partial charge is 0.340 e. The lowest BCUT2D eigenvalue weighted by atomic mass is 9.93. The Kier molecular flexibility index (Phi) is 5.20. The van der Waals surface area contributed by atoms with E-state index in [0.29, 0.717) is 24.7 Å². The average Bonchev–Trinajstić information content (AvgIpc) is 3.15. The first kappa shape index (κ1) is 18.0. The molecule has 7 nitrogen and oxygen atoms in total. The summed E-state index contributed by atoms with van der Waals surface area (Å²) in [7, 11) is 0. The number of rotatable bonds is 4. The first-order valence-electron chi connectivity index (χ1n) is 8.13. The number of carbonyl (C=O) groups is 3. The molecule has 0 aliphatic carbocycles. The zero-order chi connectivity index (χ0) is 15.9. The molecule has 0 saturated carbocycles. The average molecular weight is 345 g/mol. The maximum atomic E-state index is 12.5. The summed E-state index contributed by atoms with van der Waals surface area (Å²) in [5.41, 5.74) is -0.831. The van der Waals surface area contributed by atoms with Crippen molar-refractivity contribution in [1.82, 2.24) is 20.4 Å². The first-order chi connectivity index (χ1) is 10.5. The monoisotopic (exact) mass is 344 g/mol. The summed E-state index contributed by atoms with van der Waals surface area (Å²) in [6.07, 6.45) is 1.08. The van der Waals surface area contributed by atoms with Crippen LogP contribution in [0.3, 0.4) is 0 Å². The first-order valence-corrected chi connectivity index (χ1v) is 8.13. The van der Waals surface area contributed by atoms with Crippen LogP contribution in [0.1, 0.15) is 26.7 Å². The van der Waals surface area contributed by atoms with Crippen LogP contribution in [0.25, 0.3) is 0 Å². The number of halogens is 1. The van der Waals surface area contributed by atoms with E-state index in [2.05, 4.69) is 10.6 Å². The number of hydrogen-bond acceptors (Lipinski definition) is 4. The number of hydrogen-bond donors (Lipinski definition) is 2. The van der Waals surface area contributed by atoms with E-state index in [0.717, 1.165) is 31.1 Å². The third-order valence-corrected chi connectivity index (χ3v) is 5.49. The molecule has 3 rings (SSSR count). The fraction of sp³-hybridized carbons (Fsp3) is 0.800. The van der Waals surface area contributed by atoms with Crippen molar-refractivity contribution in [3.8, 4) is 0 Å². The molecule has 23 heavy (non-hydrogen) atoms. The van der Waals surface area contributed by atoms with Gasteiger partial charge in [-0.3, -0.25) is 14.5 Å². The van der Waals surface area contributed by atoms with Gasteiger partial charge in [-0.25, -0.2) is 4.79 Å². The van der Waals surface area contributed by atoms with Crippen molar-refractivity contribution in [3.05, 3.63) is 0 Å². The Morgan fingerprint density at radius 3 is 2.22 bits per heavy atom. The lowest BCUT2D eigenvalue weighted by Gasteiger charge is -2.24. The summed E-state index contributed by atoms with van der Waals surface area (Å²) >= 11 is 0. The van der Waals surface area contributed by atoms with Crippen LogP contribution < -0.4 is 10.6 Å². The molecule has 0 radical (unpaired) electrons. The highest BCUT2D eigenvalue weighted by molar-refractivity contribution is 6.09. The van der Waals surface area contributed by atoms with Crippen molar-refractivity contribution >= 4 is 30.3 Å². The second-order valence-corrected chi connectivity index (χ2v) is 6.59. The van der Waals surface area contributed by atoms with Crippen molar-refractivity contribution in [2.45, 2.75) is 32.2 Å². The number of likely N-dealkylation sites (tertiary alicyclic amines) is 1. The van der Waals surface area contributed by atoms with E-state index in [9.17, 15) is 14.4 Å². The standard InChI is InChI=1S/C15H24N4O3.ClH/c1-3-15(4-2)13(21)19(14(22)17-15)9-12(20)18-7-10-5-16-6-11(10)8-18;/h10-11,16H,3-9H2,1-2H3,(H,17,22);1H/t10-,11+;. The number of imide groups is 1. The molecule has 130 valence electrons. The van der Waals surface area contributed by atoms with Crippen LogP contribution in [-0.2, 0) is 9.59 Å². The SMILES string of the molecule is CCC1(CC)NC(=O)N(CC(=O)N2C[C@H]3CNC[C@H]3C2)C1=O.Cl. The van der Waals surface area contributed by atoms with Gasteiger partial charge in [-0.05, 0) is 24.7 Å². The van der Waals surface area contributed by atoms with E-state index in [4.69, 9.17) is 0 Å². The van der Waals surface area contributed by atoms with E-state index < -0.39 is 11.6 Å². The number of carbonyl (C=O) groups excluding carboxylic acids is 3. The highest BCUT2D eigenvalue weighted by atomic mass is 35.5. The second kappa shape index (κ2) is 6.65. The summed E-state index contributed by atoms with van der Waals surface area (Å²) in [5, 5.41) is 6.09. The maximum absolute atomic E-state index is 12.5. The molecule has 0 aromatic heterocycles. The highest BCUT2D eigenvalue weighted by Crippen LogP contribution is 2.28. The Bertz CT molecular complexity index is 497. The molecular weight excluding hydrogens is 320 g/mol. The molecule has 4 amide bonds. The van der Waals surface area contributed by atoms with Crippen molar-refractivity contribution < 1.29 is 14.4 Å². The number of nitrogens with one attached hydrogen (secondary N) is 2. The van der Waals surface area contributed by atoms with Gasteiger partial charge in [0, 0.05) is 26.2 Å². The van der Waals surface area contributed by atoms with E-state index in [1.165, 1.54) is 0 Å². The fourth-order valence-electron chi connectivity index (χ4n) is 3.84. The van der Waals surface area contributed by atoms with Crippen LogP contribution in [-0.4, -0.2) is 65.9 Å². The van der Waals surface area contributed by atoms with E-state index in [1.54, 1.807) is 4.90 Å². The van der Waals surface area contributed by atoms with Gasteiger partial charge in [-0.15, -0.1) is 12.4 Å². The minimum absolute atomic E-state index is 0. The summed E-state index contributed by atoms with van der Waals surface area (Å²) < 4.78 is 0. The Morgan fingerprint density at radius 1 is 1.17 bits per heavy atom. The number of amides is 4. The van der Waals surface area contributed by atoms with Gasteiger partial charge < -0.3 is 15.5 Å². The van der Waals surface area contributed by atoms with Gasteiger partial charge in [0.1, 0.15) is 12.1 Å². The smallest absolute Gasteiger partial charge is 0.325 e. The molecule has 3 heterocycles. The molecule has 3 fully saturated rings. The molecule has 0 bridgehead atoms. The van der Waals surface area contributed by atoms with Crippen LogP contribution in [0.5, 0.6) is 0 Å². The Labute approximate surface area is 142 Å². The number of fused-ring (bicyclic) bond motifs is 1. The van der Waals surface area contributed by atoms with Gasteiger partial charge >= 0.3 is 6.03 Å². The highest BCUT2D eigenvalue weighted by Gasteiger charge is 2.50. The predicted molar refractivity (Wildman–Crippen MR) is 87.2 cm³/mol. The van der Waals surface area contributed by atoms with Gasteiger partial charge in [0.25, 0.3) is 5.91 Å². The van der Waals surface area contributed by atoms with E-state index in [1.807, 2.05) is 13.8 Å². The molecule has 2 N–H and O–H groups in total. The zero-order valence-corrected chi connectivity index (χ0v) is 14.4. The van der Waals surface area contributed by atoms with Gasteiger partial charge in [-0.1, -0.05) is 13.8 Å². The van der Waals surface area contributed by atoms with Crippen LogP contribution in [0.15, 0.2) is 0 Å². The molecule has 8 heteroatoms. The fourth-order valence-corrected chi connectivity index (χ4v) is 3.84. The molecule has 3 saturated heterocycles. The minimum Gasteiger partial charge on any atom is -0.340 e. The summed E-state index contributed by atoms with van der Waals surface area (Å²) in [6, 6.07) is -0.442. The second-order valence-electron chi connectivity index (χ2n) is 6.59. The minimum atomic E-state index is -0.831. The lowest BCUT2D eigenvalue weighted by Crippen LogP contribution is -2.47. The zero-order valence-electron chi connectivity index (χ0n) is 13.6. The Morgan fingerprint density at radius 2 is 1.74 bits per heavy atom. The van der Waals surface area contributed by atoms with Crippen LogP contribution >= 0.6 is 12.4 Å². The Balaban J connectivity index is 0.00000192. The van der Waals surface area contributed by atoms with Crippen LogP contribution in [0, 0.1) is 11.8 Å². The van der Waals surface area contributed by atoms with Crippen molar-refractivity contribution in [1.29, 1.82) is 0 Å². The van der Waals surface area contributed by atoms with Crippen LogP contribution in [0.2, 0.25) is 0 Å². The number of nitrogens with zero attached hydrogens (tertiary/aromatic N) is 2. The molecule has 0 unspecified atom stereocenters. The van der Waals surface area contributed by atoms with Crippen LogP contribution in [0.4, 0.5) is 4.79 Å². The molecule has 0 aromatic rings. The third kappa shape index (κ3) is 2.92. The molecular formula is C15H25ClN4O3. The lowest BCUT2D eigenvalue weighted by molar-refractivity contribution is -0.138. The molecule has 0 spiro atoms. The van der Waals surface area contributed by atoms with Gasteiger partial charge in [0.15, 0.2) is 0 Å². The quantitative estimate of drug-likeness (QED) is 0.714.